The summed E-state index contributed by atoms with van der Waals surface area (Å²) in [5, 5.41) is 3.47. The molecule has 0 aliphatic rings. The number of rotatable bonds is 1. The summed E-state index contributed by atoms with van der Waals surface area (Å²) >= 11 is 11.5. The Kier molecular flexibility index (Phi) is 3.01. The fourth-order valence-corrected chi connectivity index (χ4v) is 1.93. The van der Waals surface area contributed by atoms with Crippen LogP contribution >= 0.6 is 23.2 Å². The average molecular weight is 282 g/mol. The fourth-order valence-electron chi connectivity index (χ4n) is 1.27. The van der Waals surface area contributed by atoms with Gasteiger partial charge in [0.25, 0.3) is 0 Å². The molecular formula is C9H4Cl2F3N3. The fraction of sp³-hybridized carbons (Fsp3) is 0.111. The smallest absolute Gasteiger partial charge is 0.223 e. The Balaban J connectivity index is 2.58. The summed E-state index contributed by atoms with van der Waals surface area (Å²) in [7, 11) is 0. The Morgan fingerprint density at radius 2 is 1.71 bits per heavy atom. The van der Waals surface area contributed by atoms with Crippen LogP contribution < -0.4 is 0 Å². The van der Waals surface area contributed by atoms with Crippen molar-refractivity contribution < 1.29 is 13.2 Å². The number of benzene rings is 1. The number of alkyl halides is 3. The molecular weight excluding hydrogens is 278 g/mol. The van der Waals surface area contributed by atoms with Gasteiger partial charge in [0.15, 0.2) is 0 Å². The maximum atomic E-state index is 12.5. The van der Waals surface area contributed by atoms with Crippen molar-refractivity contribution in [2.24, 2.45) is 0 Å². The minimum Gasteiger partial charge on any atom is -0.223 e. The Morgan fingerprint density at radius 1 is 1.12 bits per heavy atom. The second kappa shape index (κ2) is 4.19. The molecule has 0 amide bonds. The lowest BCUT2D eigenvalue weighted by Crippen LogP contribution is -2.06. The van der Waals surface area contributed by atoms with E-state index in [0.29, 0.717) is 0 Å². The topological polar surface area (TPSA) is 30.7 Å². The Bertz CT molecular complexity index is 514. The summed E-state index contributed by atoms with van der Waals surface area (Å²) in [6, 6.07) is 1.59. The molecule has 0 aliphatic carbocycles. The highest BCUT2D eigenvalue weighted by Gasteiger charge is 2.32. The summed E-state index contributed by atoms with van der Waals surface area (Å²) < 4.78 is 38.6. The van der Waals surface area contributed by atoms with Crippen molar-refractivity contribution in [2.75, 3.05) is 0 Å². The molecule has 0 spiro atoms. The number of halogens is 5. The molecule has 0 aliphatic heterocycles. The number of nitrogens with zero attached hydrogens (tertiary/aromatic N) is 3. The third-order valence-corrected chi connectivity index (χ3v) is 2.57. The van der Waals surface area contributed by atoms with Crippen LogP contribution in [0.3, 0.4) is 0 Å². The highest BCUT2D eigenvalue weighted by molar-refractivity contribution is 6.37. The van der Waals surface area contributed by atoms with Gasteiger partial charge in [-0.2, -0.15) is 18.3 Å². The lowest BCUT2D eigenvalue weighted by Gasteiger charge is -2.11. The van der Waals surface area contributed by atoms with Crippen molar-refractivity contribution in [1.29, 1.82) is 0 Å². The Morgan fingerprint density at radius 3 is 2.12 bits per heavy atom. The van der Waals surface area contributed by atoms with Crippen LogP contribution in [0.15, 0.2) is 24.8 Å². The third-order valence-electron chi connectivity index (χ3n) is 1.99. The maximum absolute atomic E-state index is 12.5. The Hall–Kier alpha value is -1.27. The summed E-state index contributed by atoms with van der Waals surface area (Å²) in [5.41, 5.74) is -0.741. The molecule has 8 heteroatoms. The number of hydrogen-bond acceptors (Lipinski definition) is 2. The average Bonchev–Trinajstić information content (AvgIpc) is 2.68. The predicted molar refractivity (Wildman–Crippen MR) is 56.4 cm³/mol. The van der Waals surface area contributed by atoms with Crippen molar-refractivity contribution in [1.82, 2.24) is 14.8 Å². The summed E-state index contributed by atoms with van der Waals surface area (Å²) in [6.45, 7) is 0. The monoisotopic (exact) mass is 281 g/mol. The maximum Gasteiger partial charge on any atom is 0.416 e. The molecule has 0 N–H and O–H groups in total. The zero-order valence-corrected chi connectivity index (χ0v) is 9.55. The van der Waals surface area contributed by atoms with Crippen LogP contribution in [0.5, 0.6) is 0 Å². The van der Waals surface area contributed by atoms with E-state index < -0.39 is 11.7 Å². The van der Waals surface area contributed by atoms with Gasteiger partial charge in [-0.3, -0.25) is 0 Å². The quantitative estimate of drug-likeness (QED) is 0.800. The third kappa shape index (κ3) is 2.37. The molecule has 2 aromatic rings. The summed E-state index contributed by atoms with van der Waals surface area (Å²) in [4.78, 5) is 3.66. The van der Waals surface area contributed by atoms with Gasteiger partial charge < -0.3 is 0 Å². The van der Waals surface area contributed by atoms with Crippen LogP contribution in [0, 0.1) is 0 Å². The molecule has 1 heterocycles. The second-order valence-corrected chi connectivity index (χ2v) is 3.94. The molecule has 0 saturated heterocycles. The first-order valence-corrected chi connectivity index (χ1v) is 5.06. The second-order valence-electron chi connectivity index (χ2n) is 3.13. The lowest BCUT2D eigenvalue weighted by molar-refractivity contribution is -0.137. The van der Waals surface area contributed by atoms with Gasteiger partial charge in [-0.05, 0) is 12.1 Å². The predicted octanol–water partition coefficient (Wildman–Crippen LogP) is 3.59. The van der Waals surface area contributed by atoms with Gasteiger partial charge in [0.1, 0.15) is 18.3 Å². The van der Waals surface area contributed by atoms with Gasteiger partial charge in [0.2, 0.25) is 0 Å². The van der Waals surface area contributed by atoms with Gasteiger partial charge in [-0.1, -0.05) is 23.2 Å². The zero-order chi connectivity index (χ0) is 12.6. The highest BCUT2D eigenvalue weighted by Crippen LogP contribution is 2.37. The van der Waals surface area contributed by atoms with E-state index in [1.807, 2.05) is 0 Å². The first-order chi connectivity index (χ1) is 7.89. The van der Waals surface area contributed by atoms with Crippen LogP contribution in [0.25, 0.3) is 5.69 Å². The van der Waals surface area contributed by atoms with Gasteiger partial charge in [-0.15, -0.1) is 0 Å². The molecule has 0 atom stereocenters. The first kappa shape index (κ1) is 12.2. The summed E-state index contributed by atoms with van der Waals surface area (Å²) in [6.07, 6.45) is -1.97. The van der Waals surface area contributed by atoms with Crippen molar-refractivity contribution in [2.45, 2.75) is 6.18 Å². The minimum atomic E-state index is -4.49. The van der Waals surface area contributed by atoms with E-state index in [1.54, 1.807) is 0 Å². The van der Waals surface area contributed by atoms with Crippen molar-refractivity contribution >= 4 is 23.2 Å². The Labute approximate surface area is 104 Å². The van der Waals surface area contributed by atoms with Crippen molar-refractivity contribution in [3.63, 3.8) is 0 Å². The van der Waals surface area contributed by atoms with Crippen molar-refractivity contribution in [3.05, 3.63) is 40.4 Å². The van der Waals surface area contributed by atoms with Crippen LogP contribution in [-0.2, 0) is 6.18 Å². The minimum absolute atomic E-state index is 0.143. The number of aromatic nitrogens is 3. The molecule has 0 bridgehead atoms. The van der Waals surface area contributed by atoms with Crippen molar-refractivity contribution in [3.8, 4) is 5.69 Å². The molecule has 17 heavy (non-hydrogen) atoms. The van der Waals surface area contributed by atoms with E-state index in [1.165, 1.54) is 17.3 Å². The van der Waals surface area contributed by atoms with Crippen LogP contribution in [0.4, 0.5) is 13.2 Å². The van der Waals surface area contributed by atoms with Crippen LogP contribution in [0.1, 0.15) is 5.56 Å². The van der Waals surface area contributed by atoms with E-state index in [9.17, 15) is 13.2 Å². The molecule has 90 valence electrons. The van der Waals surface area contributed by atoms with E-state index >= 15 is 0 Å². The largest absolute Gasteiger partial charge is 0.416 e. The van der Waals surface area contributed by atoms with E-state index in [-0.39, 0.29) is 15.7 Å². The van der Waals surface area contributed by atoms with Gasteiger partial charge in [0, 0.05) is 0 Å². The van der Waals surface area contributed by atoms with E-state index in [4.69, 9.17) is 23.2 Å². The van der Waals surface area contributed by atoms with Crippen LogP contribution in [-0.4, -0.2) is 14.8 Å². The van der Waals surface area contributed by atoms with Gasteiger partial charge in [0.05, 0.1) is 15.6 Å². The summed E-state index contributed by atoms with van der Waals surface area (Å²) in [5.74, 6) is 0. The SMILES string of the molecule is FC(F)(F)c1cc(Cl)c(-n2cncn2)c(Cl)c1. The zero-order valence-electron chi connectivity index (χ0n) is 8.04. The molecule has 0 saturated carbocycles. The molecule has 0 fully saturated rings. The number of hydrogen-bond donors (Lipinski definition) is 0. The molecule has 3 nitrogen and oxygen atoms in total. The first-order valence-electron chi connectivity index (χ1n) is 4.31. The molecule has 0 radical (unpaired) electrons. The lowest BCUT2D eigenvalue weighted by atomic mass is 10.2. The molecule has 2 rings (SSSR count). The molecule has 1 aromatic heterocycles. The van der Waals surface area contributed by atoms with E-state index in [0.717, 1.165) is 12.1 Å². The standard InChI is InChI=1S/C9H4Cl2F3N3/c10-6-1-5(9(12,13)14)2-7(11)8(6)17-4-15-3-16-17/h1-4H. The van der Waals surface area contributed by atoms with Crippen LogP contribution in [0.2, 0.25) is 10.0 Å². The van der Waals surface area contributed by atoms with Gasteiger partial charge >= 0.3 is 6.18 Å². The van der Waals surface area contributed by atoms with Gasteiger partial charge in [-0.25, -0.2) is 9.67 Å². The normalized spacial score (nSPS) is 11.8. The molecule has 0 unspecified atom stereocenters. The van der Waals surface area contributed by atoms with E-state index in [2.05, 4.69) is 10.1 Å². The highest BCUT2D eigenvalue weighted by atomic mass is 35.5. The molecule has 1 aromatic carbocycles.